The number of benzene rings is 1. The molecule has 0 radical (unpaired) electrons. The lowest BCUT2D eigenvalue weighted by Gasteiger charge is -2.37. The fourth-order valence-electron chi connectivity index (χ4n) is 3.54. The zero-order chi connectivity index (χ0) is 23.9. The molecule has 12 heteroatoms. The number of piperazine rings is 1. The number of carbonyl (C=O) groups excluding carboxylic acids is 1. The average Bonchev–Trinajstić information content (AvgIpc) is 2.79. The molecular formula is C20H29N3O8S. The lowest BCUT2D eigenvalue weighted by molar-refractivity contribution is -0.159. The van der Waals surface area contributed by atoms with Gasteiger partial charge in [0.1, 0.15) is 5.75 Å². The summed E-state index contributed by atoms with van der Waals surface area (Å²) in [6.07, 6.45) is 1.46. The van der Waals surface area contributed by atoms with Crippen LogP contribution in [0.25, 0.3) is 0 Å². The van der Waals surface area contributed by atoms with Crippen molar-refractivity contribution in [1.82, 2.24) is 14.1 Å². The van der Waals surface area contributed by atoms with Crippen LogP contribution in [0.5, 0.6) is 5.75 Å². The summed E-state index contributed by atoms with van der Waals surface area (Å²) in [6, 6.07) is 6.40. The molecule has 2 heterocycles. The summed E-state index contributed by atoms with van der Waals surface area (Å²) in [5, 5.41) is 14.8. The predicted octanol–water partition coefficient (Wildman–Crippen LogP) is 0.0255. The molecule has 2 N–H and O–H groups in total. The summed E-state index contributed by atoms with van der Waals surface area (Å²) >= 11 is 0. The SMILES string of the molecule is COc1ccc(S(=O)(=O)N2CCCC(C(=O)N3CCN(C)CC3)C2)cc1.O=C(O)C(=O)O. The fraction of sp³-hybridized carbons (Fsp3) is 0.550. The zero-order valence-electron chi connectivity index (χ0n) is 18.1. The van der Waals surface area contributed by atoms with Crippen LogP contribution in [-0.2, 0) is 24.4 Å². The smallest absolute Gasteiger partial charge is 0.414 e. The van der Waals surface area contributed by atoms with Crippen LogP contribution in [0.3, 0.4) is 0 Å². The van der Waals surface area contributed by atoms with Gasteiger partial charge >= 0.3 is 11.9 Å². The maximum absolute atomic E-state index is 12.9. The number of methoxy groups -OCH3 is 1. The summed E-state index contributed by atoms with van der Waals surface area (Å²) in [5.74, 6) is -3.19. The van der Waals surface area contributed by atoms with Crippen LogP contribution in [0, 0.1) is 5.92 Å². The highest BCUT2D eigenvalue weighted by Crippen LogP contribution is 2.26. The number of sulfonamides is 1. The molecular weight excluding hydrogens is 442 g/mol. The van der Waals surface area contributed by atoms with Gasteiger partial charge in [0.25, 0.3) is 0 Å². The van der Waals surface area contributed by atoms with Crippen LogP contribution in [0.2, 0.25) is 0 Å². The molecule has 1 atom stereocenters. The highest BCUT2D eigenvalue weighted by Gasteiger charge is 2.35. The summed E-state index contributed by atoms with van der Waals surface area (Å²) in [4.78, 5) is 35.3. The molecule has 0 aliphatic carbocycles. The highest BCUT2D eigenvalue weighted by atomic mass is 32.2. The second kappa shape index (κ2) is 11.2. The van der Waals surface area contributed by atoms with E-state index >= 15 is 0 Å². The lowest BCUT2D eigenvalue weighted by atomic mass is 9.98. The summed E-state index contributed by atoms with van der Waals surface area (Å²) < 4.78 is 32.4. The maximum atomic E-state index is 12.9. The van der Waals surface area contributed by atoms with Crippen LogP contribution >= 0.6 is 0 Å². The van der Waals surface area contributed by atoms with Crippen LogP contribution in [-0.4, -0.2) is 104 Å². The third kappa shape index (κ3) is 6.65. The van der Waals surface area contributed by atoms with Crippen LogP contribution in [0.1, 0.15) is 12.8 Å². The topological polar surface area (TPSA) is 145 Å². The molecule has 1 unspecified atom stereocenters. The van der Waals surface area contributed by atoms with Crippen molar-refractivity contribution in [2.45, 2.75) is 17.7 Å². The second-order valence-electron chi connectivity index (χ2n) is 7.62. The Morgan fingerprint density at radius 2 is 1.53 bits per heavy atom. The number of carboxylic acid groups (broad SMARTS) is 2. The van der Waals surface area contributed by atoms with Gasteiger partial charge in [0, 0.05) is 39.3 Å². The van der Waals surface area contributed by atoms with Gasteiger partial charge in [-0.1, -0.05) is 0 Å². The number of rotatable bonds is 4. The van der Waals surface area contributed by atoms with E-state index < -0.39 is 22.0 Å². The van der Waals surface area contributed by atoms with Crippen LogP contribution < -0.4 is 4.74 Å². The number of piperidine rings is 1. The van der Waals surface area contributed by atoms with E-state index in [9.17, 15) is 13.2 Å². The van der Waals surface area contributed by atoms with Crippen molar-refractivity contribution in [3.63, 3.8) is 0 Å². The number of ether oxygens (including phenoxy) is 1. The Morgan fingerprint density at radius 1 is 0.969 bits per heavy atom. The van der Waals surface area contributed by atoms with Gasteiger partial charge in [-0.05, 0) is 44.2 Å². The number of amides is 1. The number of aliphatic carboxylic acids is 2. The van der Waals surface area contributed by atoms with Crippen molar-refractivity contribution in [3.05, 3.63) is 24.3 Å². The van der Waals surface area contributed by atoms with E-state index in [0.29, 0.717) is 18.7 Å². The highest BCUT2D eigenvalue weighted by molar-refractivity contribution is 7.89. The fourth-order valence-corrected chi connectivity index (χ4v) is 5.07. The minimum absolute atomic E-state index is 0.0905. The van der Waals surface area contributed by atoms with E-state index in [1.54, 1.807) is 31.4 Å². The normalized spacial score (nSPS) is 20.1. The van der Waals surface area contributed by atoms with Crippen molar-refractivity contribution in [3.8, 4) is 5.75 Å². The first-order chi connectivity index (χ1) is 15.1. The van der Waals surface area contributed by atoms with Gasteiger partial charge in [-0.2, -0.15) is 4.31 Å². The Labute approximate surface area is 187 Å². The first-order valence-electron chi connectivity index (χ1n) is 10.1. The number of nitrogens with zero attached hydrogens (tertiary/aromatic N) is 3. The molecule has 2 aliphatic heterocycles. The Hall–Kier alpha value is -2.70. The molecule has 178 valence electrons. The van der Waals surface area contributed by atoms with E-state index in [1.807, 2.05) is 11.9 Å². The molecule has 0 aromatic heterocycles. The van der Waals surface area contributed by atoms with Gasteiger partial charge in [-0.15, -0.1) is 0 Å². The van der Waals surface area contributed by atoms with Gasteiger partial charge < -0.3 is 24.7 Å². The van der Waals surface area contributed by atoms with Gasteiger partial charge in [0.2, 0.25) is 15.9 Å². The van der Waals surface area contributed by atoms with Crippen molar-refractivity contribution >= 4 is 27.9 Å². The minimum atomic E-state index is -3.59. The number of hydrogen-bond donors (Lipinski definition) is 2. The number of hydrogen-bond acceptors (Lipinski definition) is 7. The Morgan fingerprint density at radius 3 is 2.03 bits per heavy atom. The molecule has 0 bridgehead atoms. The Kier molecular flexibility index (Phi) is 8.99. The first kappa shape index (κ1) is 25.6. The molecule has 2 saturated heterocycles. The quantitative estimate of drug-likeness (QED) is 0.581. The standard InChI is InChI=1S/C18H27N3O4S.C2H2O4/c1-19-10-12-20(13-11-19)18(22)15-4-3-9-21(14-15)26(23,24)17-7-5-16(25-2)6-8-17;3-1(4)2(5)6/h5-8,15H,3-4,9-14H2,1-2H3;(H,3,4)(H,5,6). The second-order valence-corrected chi connectivity index (χ2v) is 9.55. The van der Waals surface area contributed by atoms with E-state index in [-0.39, 0.29) is 23.3 Å². The zero-order valence-corrected chi connectivity index (χ0v) is 19.0. The van der Waals surface area contributed by atoms with Crippen molar-refractivity contribution < 1.29 is 37.8 Å². The van der Waals surface area contributed by atoms with E-state index in [2.05, 4.69) is 4.90 Å². The van der Waals surface area contributed by atoms with Gasteiger partial charge in [0.05, 0.1) is 17.9 Å². The molecule has 3 rings (SSSR count). The third-order valence-corrected chi connectivity index (χ3v) is 7.31. The number of carbonyl (C=O) groups is 3. The molecule has 1 aromatic rings. The van der Waals surface area contributed by atoms with E-state index in [0.717, 1.165) is 32.6 Å². The number of likely N-dealkylation sites (N-methyl/N-ethyl adjacent to an activating group) is 1. The average molecular weight is 472 g/mol. The third-order valence-electron chi connectivity index (χ3n) is 5.43. The molecule has 0 spiro atoms. The molecule has 1 amide bonds. The molecule has 1 aromatic carbocycles. The molecule has 2 aliphatic rings. The molecule has 32 heavy (non-hydrogen) atoms. The lowest BCUT2D eigenvalue weighted by Crippen LogP contribution is -2.52. The van der Waals surface area contributed by atoms with Gasteiger partial charge in [-0.3, -0.25) is 4.79 Å². The van der Waals surface area contributed by atoms with E-state index in [1.165, 1.54) is 4.31 Å². The van der Waals surface area contributed by atoms with Crippen molar-refractivity contribution in [1.29, 1.82) is 0 Å². The van der Waals surface area contributed by atoms with E-state index in [4.69, 9.17) is 24.5 Å². The predicted molar refractivity (Wildman–Crippen MR) is 114 cm³/mol. The monoisotopic (exact) mass is 471 g/mol. The molecule has 11 nitrogen and oxygen atoms in total. The van der Waals surface area contributed by atoms with Crippen molar-refractivity contribution in [2.24, 2.45) is 5.92 Å². The van der Waals surface area contributed by atoms with Crippen LogP contribution in [0.4, 0.5) is 0 Å². The summed E-state index contributed by atoms with van der Waals surface area (Å²) in [7, 11) is -0.00258. The number of carboxylic acids is 2. The largest absolute Gasteiger partial charge is 0.497 e. The Bertz CT molecular complexity index is 899. The molecule has 0 saturated carbocycles. The van der Waals surface area contributed by atoms with Gasteiger partial charge in [-0.25, -0.2) is 18.0 Å². The van der Waals surface area contributed by atoms with Crippen molar-refractivity contribution in [2.75, 3.05) is 53.4 Å². The van der Waals surface area contributed by atoms with Gasteiger partial charge in [0.15, 0.2) is 0 Å². The minimum Gasteiger partial charge on any atom is -0.497 e. The molecule has 2 fully saturated rings. The maximum Gasteiger partial charge on any atom is 0.414 e. The Balaban J connectivity index is 0.000000534. The summed E-state index contributed by atoms with van der Waals surface area (Å²) in [5.41, 5.74) is 0. The summed E-state index contributed by atoms with van der Waals surface area (Å²) in [6.45, 7) is 3.90. The first-order valence-corrected chi connectivity index (χ1v) is 11.6. The van der Waals surface area contributed by atoms with Crippen LogP contribution in [0.15, 0.2) is 29.2 Å².